The number of nitrogens with one attached hydrogen (secondary N) is 1. The second kappa shape index (κ2) is 7.46. The molecular formula is C15H26N2. The molecule has 2 heteroatoms. The molecule has 1 aromatic carbocycles. The minimum atomic E-state index is 0.647. The maximum atomic E-state index is 3.48. The van der Waals surface area contributed by atoms with Crippen molar-refractivity contribution in [2.45, 2.75) is 33.4 Å². The summed E-state index contributed by atoms with van der Waals surface area (Å²) in [5.74, 6) is 0.717. The molecule has 1 unspecified atom stereocenters. The van der Waals surface area contributed by atoms with Gasteiger partial charge in [0.2, 0.25) is 0 Å². The molecule has 1 N–H and O–H groups in total. The molecule has 1 aromatic rings. The van der Waals surface area contributed by atoms with Gasteiger partial charge in [0.05, 0.1) is 0 Å². The van der Waals surface area contributed by atoms with Crippen molar-refractivity contribution in [3.05, 3.63) is 35.9 Å². The lowest BCUT2D eigenvalue weighted by molar-refractivity contribution is 0.208. The predicted octanol–water partition coefficient (Wildman–Crippen LogP) is 2.75. The van der Waals surface area contributed by atoms with Gasteiger partial charge in [-0.05, 0) is 25.5 Å². The van der Waals surface area contributed by atoms with Gasteiger partial charge in [-0.25, -0.2) is 0 Å². The van der Waals surface area contributed by atoms with Crippen molar-refractivity contribution in [2.75, 3.05) is 20.1 Å². The van der Waals surface area contributed by atoms with Crippen molar-refractivity contribution in [1.82, 2.24) is 10.2 Å². The quantitative estimate of drug-likeness (QED) is 0.730. The molecule has 0 radical (unpaired) electrons. The molecule has 96 valence electrons. The highest BCUT2D eigenvalue weighted by Crippen LogP contribution is 2.06. The van der Waals surface area contributed by atoms with Crippen molar-refractivity contribution in [3.8, 4) is 0 Å². The van der Waals surface area contributed by atoms with Crippen molar-refractivity contribution in [3.63, 3.8) is 0 Å². The Hall–Kier alpha value is -0.860. The normalized spacial score (nSPS) is 13.3. The van der Waals surface area contributed by atoms with Crippen LogP contribution in [0, 0.1) is 5.92 Å². The lowest BCUT2D eigenvalue weighted by Crippen LogP contribution is -2.37. The molecule has 1 atom stereocenters. The zero-order valence-corrected chi connectivity index (χ0v) is 11.6. The number of likely N-dealkylation sites (N-methyl/N-ethyl adjacent to an activating group) is 1. The summed E-state index contributed by atoms with van der Waals surface area (Å²) in [6.45, 7) is 9.96. The zero-order chi connectivity index (χ0) is 12.7. The van der Waals surface area contributed by atoms with E-state index in [9.17, 15) is 0 Å². The van der Waals surface area contributed by atoms with E-state index >= 15 is 0 Å². The largest absolute Gasteiger partial charge is 0.311 e. The van der Waals surface area contributed by atoms with Crippen molar-refractivity contribution >= 4 is 0 Å². The van der Waals surface area contributed by atoms with Gasteiger partial charge in [0.25, 0.3) is 0 Å². The van der Waals surface area contributed by atoms with Crippen LogP contribution in [0.4, 0.5) is 0 Å². The Morgan fingerprint density at radius 3 is 2.35 bits per heavy atom. The van der Waals surface area contributed by atoms with Crippen molar-refractivity contribution < 1.29 is 0 Å². The first kappa shape index (κ1) is 14.2. The molecule has 0 aliphatic heterocycles. The molecule has 0 heterocycles. The van der Waals surface area contributed by atoms with Crippen LogP contribution in [0.25, 0.3) is 0 Å². The summed E-state index contributed by atoms with van der Waals surface area (Å²) in [7, 11) is 2.20. The molecule has 0 bridgehead atoms. The molecule has 0 aliphatic carbocycles. The van der Waals surface area contributed by atoms with Crippen LogP contribution in [0.5, 0.6) is 0 Å². The van der Waals surface area contributed by atoms with Crippen molar-refractivity contribution in [2.24, 2.45) is 5.92 Å². The maximum Gasteiger partial charge on any atom is 0.0206 e. The molecule has 2 nitrogen and oxygen atoms in total. The Labute approximate surface area is 106 Å². The zero-order valence-electron chi connectivity index (χ0n) is 11.6. The predicted molar refractivity (Wildman–Crippen MR) is 75.1 cm³/mol. The summed E-state index contributed by atoms with van der Waals surface area (Å²) in [4.78, 5) is 2.42. The molecule has 0 fully saturated rings. The van der Waals surface area contributed by atoms with E-state index in [1.165, 1.54) is 5.56 Å². The molecule has 0 amide bonds. The Morgan fingerprint density at radius 1 is 1.12 bits per heavy atom. The molecule has 0 aromatic heterocycles. The van der Waals surface area contributed by atoms with E-state index in [4.69, 9.17) is 0 Å². The van der Waals surface area contributed by atoms with Gasteiger partial charge in [0.1, 0.15) is 0 Å². The highest BCUT2D eigenvalue weighted by Gasteiger charge is 2.11. The summed E-state index contributed by atoms with van der Waals surface area (Å²) in [6, 6.07) is 11.2. The fourth-order valence-corrected chi connectivity index (χ4v) is 1.80. The molecule has 0 saturated carbocycles. The summed E-state index contributed by atoms with van der Waals surface area (Å²) in [6.07, 6.45) is 0. The lowest BCUT2D eigenvalue weighted by atomic mass is 10.1. The Bertz CT molecular complexity index is 295. The van der Waals surface area contributed by atoms with Gasteiger partial charge in [-0.2, -0.15) is 0 Å². The number of hydrogen-bond donors (Lipinski definition) is 1. The standard InChI is InChI=1S/C15H26N2/c1-13(2)14(3)17(4)11-10-16-12-15-8-6-5-7-9-15/h5-9,13-14,16H,10-12H2,1-4H3. The van der Waals surface area contributed by atoms with Crippen LogP contribution in [-0.4, -0.2) is 31.1 Å². The van der Waals surface area contributed by atoms with E-state index in [1.807, 2.05) is 0 Å². The summed E-state index contributed by atoms with van der Waals surface area (Å²) in [5, 5.41) is 3.48. The second-order valence-electron chi connectivity index (χ2n) is 5.13. The molecule has 0 spiro atoms. The second-order valence-corrected chi connectivity index (χ2v) is 5.13. The third-order valence-corrected chi connectivity index (χ3v) is 3.47. The monoisotopic (exact) mass is 234 g/mol. The van der Waals surface area contributed by atoms with Crippen LogP contribution in [-0.2, 0) is 6.54 Å². The van der Waals surface area contributed by atoms with E-state index in [0.29, 0.717) is 12.0 Å². The van der Waals surface area contributed by atoms with Gasteiger partial charge >= 0.3 is 0 Å². The van der Waals surface area contributed by atoms with Gasteiger partial charge in [0, 0.05) is 25.7 Å². The first-order chi connectivity index (χ1) is 8.11. The Kier molecular flexibility index (Phi) is 6.23. The number of benzene rings is 1. The number of hydrogen-bond acceptors (Lipinski definition) is 2. The van der Waals surface area contributed by atoms with E-state index in [-0.39, 0.29) is 0 Å². The number of rotatable bonds is 7. The summed E-state index contributed by atoms with van der Waals surface area (Å²) >= 11 is 0. The topological polar surface area (TPSA) is 15.3 Å². The van der Waals surface area contributed by atoms with Crippen molar-refractivity contribution in [1.29, 1.82) is 0 Å². The molecular weight excluding hydrogens is 208 g/mol. The Balaban J connectivity index is 2.16. The molecule has 1 rings (SSSR count). The SMILES string of the molecule is CC(C)C(C)N(C)CCNCc1ccccc1. The summed E-state index contributed by atoms with van der Waals surface area (Å²) < 4.78 is 0. The highest BCUT2D eigenvalue weighted by molar-refractivity contribution is 5.14. The molecule has 0 saturated heterocycles. The summed E-state index contributed by atoms with van der Waals surface area (Å²) in [5.41, 5.74) is 1.35. The average molecular weight is 234 g/mol. The van der Waals surface area contributed by atoms with Gasteiger partial charge < -0.3 is 10.2 Å². The average Bonchev–Trinajstić information content (AvgIpc) is 2.34. The third-order valence-electron chi connectivity index (χ3n) is 3.47. The highest BCUT2D eigenvalue weighted by atomic mass is 15.1. The molecule has 0 aliphatic rings. The van der Waals surface area contributed by atoms with Crippen LogP contribution >= 0.6 is 0 Å². The first-order valence-corrected chi connectivity index (χ1v) is 6.56. The number of nitrogens with zero attached hydrogens (tertiary/aromatic N) is 1. The van der Waals surface area contributed by atoms with Crippen LogP contribution in [0.3, 0.4) is 0 Å². The minimum Gasteiger partial charge on any atom is -0.311 e. The fraction of sp³-hybridized carbons (Fsp3) is 0.600. The molecule has 17 heavy (non-hydrogen) atoms. The Morgan fingerprint density at radius 2 is 1.76 bits per heavy atom. The van der Waals surface area contributed by atoms with Crippen LogP contribution in [0.15, 0.2) is 30.3 Å². The van der Waals surface area contributed by atoms with E-state index < -0.39 is 0 Å². The van der Waals surface area contributed by atoms with Gasteiger partial charge in [-0.3, -0.25) is 0 Å². The maximum absolute atomic E-state index is 3.48. The minimum absolute atomic E-state index is 0.647. The smallest absolute Gasteiger partial charge is 0.0206 e. The first-order valence-electron chi connectivity index (χ1n) is 6.56. The van der Waals surface area contributed by atoms with E-state index in [2.05, 4.69) is 68.4 Å². The van der Waals surface area contributed by atoms with Crippen LogP contribution < -0.4 is 5.32 Å². The van der Waals surface area contributed by atoms with E-state index in [1.54, 1.807) is 0 Å². The van der Waals surface area contributed by atoms with Crippen LogP contribution in [0.1, 0.15) is 26.3 Å². The van der Waals surface area contributed by atoms with E-state index in [0.717, 1.165) is 19.6 Å². The fourth-order valence-electron chi connectivity index (χ4n) is 1.80. The van der Waals surface area contributed by atoms with Gasteiger partial charge in [-0.1, -0.05) is 44.2 Å². The van der Waals surface area contributed by atoms with Gasteiger partial charge in [-0.15, -0.1) is 0 Å². The van der Waals surface area contributed by atoms with Crippen LogP contribution in [0.2, 0.25) is 0 Å². The lowest BCUT2D eigenvalue weighted by Gasteiger charge is -2.27. The van der Waals surface area contributed by atoms with Gasteiger partial charge in [0.15, 0.2) is 0 Å². The third kappa shape index (κ3) is 5.33.